The topological polar surface area (TPSA) is 9.23 Å². The SMILES string of the molecule is COc1c(C(C)C2CC2)cccc1[C@@H](C)C1CC1. The van der Waals surface area contributed by atoms with Gasteiger partial charge in [0, 0.05) is 0 Å². The summed E-state index contributed by atoms with van der Waals surface area (Å²) in [6, 6.07) is 6.76. The van der Waals surface area contributed by atoms with Gasteiger partial charge in [-0.05, 0) is 60.5 Å². The van der Waals surface area contributed by atoms with Crippen LogP contribution < -0.4 is 4.74 Å². The molecule has 0 amide bonds. The minimum absolute atomic E-state index is 0.659. The van der Waals surface area contributed by atoms with Crippen LogP contribution in [0.3, 0.4) is 0 Å². The maximum atomic E-state index is 5.77. The van der Waals surface area contributed by atoms with E-state index in [1.54, 1.807) is 0 Å². The summed E-state index contributed by atoms with van der Waals surface area (Å²) in [7, 11) is 1.83. The Balaban J connectivity index is 1.95. The van der Waals surface area contributed by atoms with Crippen LogP contribution in [0.5, 0.6) is 5.75 Å². The van der Waals surface area contributed by atoms with Gasteiger partial charge in [-0.15, -0.1) is 0 Å². The second-order valence-electron chi connectivity index (χ2n) is 6.22. The van der Waals surface area contributed by atoms with Gasteiger partial charge in [0.15, 0.2) is 0 Å². The van der Waals surface area contributed by atoms with Crippen molar-refractivity contribution in [1.82, 2.24) is 0 Å². The Morgan fingerprint density at radius 2 is 1.39 bits per heavy atom. The van der Waals surface area contributed by atoms with Crippen LogP contribution in [0.15, 0.2) is 18.2 Å². The highest BCUT2D eigenvalue weighted by molar-refractivity contribution is 5.46. The van der Waals surface area contributed by atoms with E-state index in [9.17, 15) is 0 Å². The molecule has 2 fully saturated rings. The van der Waals surface area contributed by atoms with Crippen molar-refractivity contribution >= 4 is 0 Å². The van der Waals surface area contributed by atoms with Crippen molar-refractivity contribution in [3.63, 3.8) is 0 Å². The van der Waals surface area contributed by atoms with E-state index in [1.807, 2.05) is 7.11 Å². The van der Waals surface area contributed by atoms with Gasteiger partial charge < -0.3 is 4.74 Å². The third kappa shape index (κ3) is 2.15. The van der Waals surface area contributed by atoms with E-state index in [2.05, 4.69) is 32.0 Å². The van der Waals surface area contributed by atoms with Gasteiger partial charge in [-0.3, -0.25) is 0 Å². The molecule has 0 saturated heterocycles. The van der Waals surface area contributed by atoms with Crippen molar-refractivity contribution in [1.29, 1.82) is 0 Å². The minimum Gasteiger partial charge on any atom is -0.496 e. The molecule has 0 aromatic heterocycles. The molecule has 0 N–H and O–H groups in total. The molecule has 0 heterocycles. The fourth-order valence-corrected chi connectivity index (χ4v) is 3.23. The number of methoxy groups -OCH3 is 1. The lowest BCUT2D eigenvalue weighted by molar-refractivity contribution is 0.394. The molecule has 0 radical (unpaired) electrons. The van der Waals surface area contributed by atoms with Crippen LogP contribution in [0.2, 0.25) is 0 Å². The molecule has 1 nitrogen and oxygen atoms in total. The zero-order valence-electron chi connectivity index (χ0n) is 11.8. The molecular weight excluding hydrogens is 220 g/mol. The van der Waals surface area contributed by atoms with Crippen molar-refractivity contribution in [3.8, 4) is 5.75 Å². The lowest BCUT2D eigenvalue weighted by Crippen LogP contribution is -2.05. The number of hydrogen-bond acceptors (Lipinski definition) is 1. The fourth-order valence-electron chi connectivity index (χ4n) is 3.23. The van der Waals surface area contributed by atoms with Gasteiger partial charge in [0.25, 0.3) is 0 Å². The summed E-state index contributed by atoms with van der Waals surface area (Å²) in [6.45, 7) is 4.72. The van der Waals surface area contributed by atoms with Crippen LogP contribution in [-0.4, -0.2) is 7.11 Å². The molecule has 2 aliphatic carbocycles. The molecule has 18 heavy (non-hydrogen) atoms. The normalized spacial score (nSPS) is 22.6. The van der Waals surface area contributed by atoms with E-state index in [0.29, 0.717) is 11.8 Å². The average Bonchev–Trinajstić information content (AvgIpc) is 3.27. The van der Waals surface area contributed by atoms with Crippen LogP contribution in [0.25, 0.3) is 0 Å². The minimum atomic E-state index is 0.659. The number of benzene rings is 1. The first kappa shape index (κ1) is 12.1. The van der Waals surface area contributed by atoms with Gasteiger partial charge in [0.2, 0.25) is 0 Å². The highest BCUT2D eigenvalue weighted by Crippen LogP contribution is 2.49. The molecule has 2 atom stereocenters. The lowest BCUT2D eigenvalue weighted by atomic mass is 9.88. The molecule has 1 aromatic carbocycles. The zero-order valence-corrected chi connectivity index (χ0v) is 11.8. The van der Waals surface area contributed by atoms with Crippen LogP contribution >= 0.6 is 0 Å². The number of rotatable bonds is 5. The van der Waals surface area contributed by atoms with E-state index in [0.717, 1.165) is 11.8 Å². The number of ether oxygens (including phenoxy) is 1. The Hall–Kier alpha value is -0.980. The van der Waals surface area contributed by atoms with Crippen LogP contribution in [-0.2, 0) is 0 Å². The molecule has 1 heteroatoms. The average molecular weight is 244 g/mol. The van der Waals surface area contributed by atoms with Crippen molar-refractivity contribution in [2.75, 3.05) is 7.11 Å². The Kier molecular flexibility index (Phi) is 3.09. The van der Waals surface area contributed by atoms with E-state index in [-0.39, 0.29) is 0 Å². The molecule has 0 bridgehead atoms. The van der Waals surface area contributed by atoms with E-state index in [4.69, 9.17) is 4.74 Å². The Morgan fingerprint density at radius 3 is 1.72 bits per heavy atom. The van der Waals surface area contributed by atoms with E-state index >= 15 is 0 Å². The maximum Gasteiger partial charge on any atom is 0.125 e. The van der Waals surface area contributed by atoms with Crippen molar-refractivity contribution in [2.24, 2.45) is 11.8 Å². The summed E-state index contributed by atoms with van der Waals surface area (Å²) in [4.78, 5) is 0. The summed E-state index contributed by atoms with van der Waals surface area (Å²) in [5.41, 5.74) is 2.87. The van der Waals surface area contributed by atoms with Crippen LogP contribution in [0.4, 0.5) is 0 Å². The first-order valence-electron chi connectivity index (χ1n) is 7.39. The molecule has 3 rings (SSSR count). The van der Waals surface area contributed by atoms with Gasteiger partial charge in [-0.25, -0.2) is 0 Å². The molecular formula is C17H24O. The summed E-state index contributed by atoms with van der Waals surface area (Å²) >= 11 is 0. The smallest absolute Gasteiger partial charge is 0.125 e. The molecule has 0 aliphatic heterocycles. The van der Waals surface area contributed by atoms with Crippen LogP contribution in [0.1, 0.15) is 62.5 Å². The largest absolute Gasteiger partial charge is 0.496 e. The van der Waals surface area contributed by atoms with Gasteiger partial charge in [0.1, 0.15) is 5.75 Å². The predicted molar refractivity (Wildman–Crippen MR) is 75.3 cm³/mol. The van der Waals surface area contributed by atoms with Crippen molar-refractivity contribution < 1.29 is 4.74 Å². The summed E-state index contributed by atoms with van der Waals surface area (Å²) in [5.74, 6) is 4.28. The predicted octanol–water partition coefficient (Wildman–Crippen LogP) is 4.72. The molecule has 98 valence electrons. The van der Waals surface area contributed by atoms with Gasteiger partial charge in [0.05, 0.1) is 7.11 Å². The Bertz CT molecular complexity index is 393. The van der Waals surface area contributed by atoms with Crippen LogP contribution in [0, 0.1) is 11.8 Å². The van der Waals surface area contributed by atoms with Gasteiger partial charge >= 0.3 is 0 Å². The summed E-state index contributed by atoms with van der Waals surface area (Å²) in [5, 5.41) is 0. The molecule has 2 saturated carbocycles. The summed E-state index contributed by atoms with van der Waals surface area (Å²) < 4.78 is 5.77. The second-order valence-corrected chi connectivity index (χ2v) is 6.22. The monoisotopic (exact) mass is 244 g/mol. The van der Waals surface area contributed by atoms with Gasteiger partial charge in [-0.2, -0.15) is 0 Å². The van der Waals surface area contributed by atoms with Gasteiger partial charge in [-0.1, -0.05) is 32.0 Å². The highest BCUT2D eigenvalue weighted by atomic mass is 16.5. The molecule has 1 unspecified atom stereocenters. The Morgan fingerprint density at radius 1 is 0.944 bits per heavy atom. The number of hydrogen-bond donors (Lipinski definition) is 0. The van der Waals surface area contributed by atoms with Crippen molar-refractivity contribution in [2.45, 2.75) is 51.4 Å². The van der Waals surface area contributed by atoms with Crippen molar-refractivity contribution in [3.05, 3.63) is 29.3 Å². The highest BCUT2D eigenvalue weighted by Gasteiger charge is 2.34. The first-order chi connectivity index (χ1) is 8.72. The number of para-hydroxylation sites is 1. The van der Waals surface area contributed by atoms with E-state index < -0.39 is 0 Å². The quantitative estimate of drug-likeness (QED) is 0.728. The first-order valence-corrected chi connectivity index (χ1v) is 7.39. The third-order valence-electron chi connectivity index (χ3n) is 4.92. The molecule has 1 aromatic rings. The third-order valence-corrected chi connectivity index (χ3v) is 4.92. The van der Waals surface area contributed by atoms with E-state index in [1.165, 1.54) is 42.6 Å². The maximum absolute atomic E-state index is 5.77. The second kappa shape index (κ2) is 4.60. The lowest BCUT2D eigenvalue weighted by Gasteiger charge is -2.21. The standard InChI is InChI=1S/C17H24O/c1-11(13-7-8-13)15-5-4-6-16(17(15)18-3)12(2)14-9-10-14/h4-6,11-14H,7-10H2,1-3H3/t11-,12?/m0/s1. The summed E-state index contributed by atoms with van der Waals surface area (Å²) in [6.07, 6.45) is 5.58. The molecule has 0 spiro atoms. The Labute approximate surface area is 111 Å². The fraction of sp³-hybridized carbons (Fsp3) is 0.647. The molecule has 2 aliphatic rings. The zero-order chi connectivity index (χ0) is 12.7.